The van der Waals surface area contributed by atoms with Crippen molar-refractivity contribution in [3.05, 3.63) is 70.8 Å². The molecule has 2 aromatic rings. The largest absolute Gasteiger partial charge is 0.507 e. The number of carbonyl (C=O) groups is 2. The van der Waals surface area contributed by atoms with Gasteiger partial charge in [-0.05, 0) is 50.6 Å². The Kier molecular flexibility index (Phi) is 6.57. The molecule has 6 nitrogen and oxygen atoms in total. The van der Waals surface area contributed by atoms with Gasteiger partial charge in [-0.3, -0.25) is 9.59 Å². The molecule has 1 fully saturated rings. The van der Waals surface area contributed by atoms with Crippen molar-refractivity contribution >= 4 is 17.4 Å². The van der Waals surface area contributed by atoms with Gasteiger partial charge in [0, 0.05) is 19.2 Å². The number of hydrogen-bond acceptors (Lipinski definition) is 5. The standard InChI is InChI=1S/C24H27NO5/c1-15(2)30-19-11-9-18(10-12-19)22(26)20-21(17-7-5-16(3)6-8-17)25(13-14-29-4)24(28)23(20)27/h5-12,15,21,26H,13-14H2,1-4H3/b22-20+/t21-/m0/s1. The Labute approximate surface area is 176 Å². The molecule has 1 amide bonds. The molecule has 1 atom stereocenters. The first kappa shape index (κ1) is 21.6. The minimum atomic E-state index is -0.698. The highest BCUT2D eigenvalue weighted by atomic mass is 16.5. The lowest BCUT2D eigenvalue weighted by Crippen LogP contribution is -2.32. The second kappa shape index (κ2) is 9.13. The molecule has 1 N–H and O–H groups in total. The number of aliphatic hydroxyl groups excluding tert-OH is 1. The summed E-state index contributed by atoms with van der Waals surface area (Å²) in [4.78, 5) is 27.1. The van der Waals surface area contributed by atoms with E-state index in [1.807, 2.05) is 45.0 Å². The van der Waals surface area contributed by atoms with Gasteiger partial charge in [0.1, 0.15) is 11.5 Å². The van der Waals surface area contributed by atoms with Crippen LogP contribution in [0.25, 0.3) is 5.76 Å². The van der Waals surface area contributed by atoms with Gasteiger partial charge in [-0.15, -0.1) is 0 Å². The first-order valence-corrected chi connectivity index (χ1v) is 9.94. The molecule has 0 spiro atoms. The van der Waals surface area contributed by atoms with E-state index in [-0.39, 0.29) is 30.6 Å². The van der Waals surface area contributed by atoms with Gasteiger partial charge in [-0.25, -0.2) is 0 Å². The number of likely N-dealkylation sites (tertiary alicyclic amines) is 1. The second-order valence-corrected chi connectivity index (χ2v) is 7.59. The topological polar surface area (TPSA) is 76.1 Å². The molecule has 30 heavy (non-hydrogen) atoms. The predicted octanol–water partition coefficient (Wildman–Crippen LogP) is 3.85. The highest BCUT2D eigenvalue weighted by Gasteiger charge is 2.45. The van der Waals surface area contributed by atoms with Gasteiger partial charge >= 0.3 is 0 Å². The van der Waals surface area contributed by atoms with Crippen LogP contribution in [0.2, 0.25) is 0 Å². The van der Waals surface area contributed by atoms with Crippen molar-refractivity contribution in [1.29, 1.82) is 0 Å². The minimum Gasteiger partial charge on any atom is -0.507 e. The van der Waals surface area contributed by atoms with E-state index in [1.54, 1.807) is 24.3 Å². The van der Waals surface area contributed by atoms with E-state index in [1.165, 1.54) is 12.0 Å². The zero-order chi connectivity index (χ0) is 21.8. The second-order valence-electron chi connectivity index (χ2n) is 7.59. The molecule has 0 bridgehead atoms. The minimum absolute atomic E-state index is 0.0251. The zero-order valence-electron chi connectivity index (χ0n) is 17.7. The highest BCUT2D eigenvalue weighted by molar-refractivity contribution is 6.46. The molecule has 158 valence electrons. The lowest BCUT2D eigenvalue weighted by atomic mass is 9.94. The molecule has 0 aromatic heterocycles. The Morgan fingerprint density at radius 2 is 1.70 bits per heavy atom. The van der Waals surface area contributed by atoms with E-state index in [0.717, 1.165) is 11.1 Å². The molecule has 6 heteroatoms. The van der Waals surface area contributed by atoms with Crippen molar-refractivity contribution in [3.8, 4) is 5.75 Å². The Morgan fingerprint density at radius 3 is 2.27 bits per heavy atom. The maximum absolute atomic E-state index is 12.9. The van der Waals surface area contributed by atoms with E-state index >= 15 is 0 Å². The Balaban J connectivity index is 2.07. The normalized spacial score (nSPS) is 18.3. The maximum atomic E-state index is 12.9. The lowest BCUT2D eigenvalue weighted by Gasteiger charge is -2.25. The van der Waals surface area contributed by atoms with Crippen molar-refractivity contribution in [2.75, 3.05) is 20.3 Å². The van der Waals surface area contributed by atoms with Gasteiger partial charge in [-0.1, -0.05) is 29.8 Å². The van der Waals surface area contributed by atoms with Crippen molar-refractivity contribution < 1.29 is 24.2 Å². The number of amides is 1. The molecular weight excluding hydrogens is 382 g/mol. The summed E-state index contributed by atoms with van der Waals surface area (Å²) in [7, 11) is 1.54. The number of ether oxygens (including phenoxy) is 2. The first-order chi connectivity index (χ1) is 14.3. The summed E-state index contributed by atoms with van der Waals surface area (Å²) in [6, 6.07) is 13.7. The van der Waals surface area contributed by atoms with Gasteiger partial charge in [-0.2, -0.15) is 0 Å². The number of methoxy groups -OCH3 is 1. The predicted molar refractivity (Wildman–Crippen MR) is 114 cm³/mol. The van der Waals surface area contributed by atoms with Crippen LogP contribution in [0.4, 0.5) is 0 Å². The average molecular weight is 409 g/mol. The van der Waals surface area contributed by atoms with Crippen LogP contribution < -0.4 is 4.74 Å². The fraction of sp³-hybridized carbons (Fsp3) is 0.333. The van der Waals surface area contributed by atoms with Crippen LogP contribution in [-0.2, 0) is 14.3 Å². The van der Waals surface area contributed by atoms with Gasteiger partial charge in [0.15, 0.2) is 0 Å². The summed E-state index contributed by atoms with van der Waals surface area (Å²) in [5, 5.41) is 11.0. The molecular formula is C24H27NO5. The number of rotatable bonds is 7. The third-order valence-electron chi connectivity index (χ3n) is 4.97. The number of Topliss-reactive ketones (excluding diaryl/α,β-unsaturated/α-hetero) is 1. The monoisotopic (exact) mass is 409 g/mol. The molecule has 1 heterocycles. The fourth-order valence-corrected chi connectivity index (χ4v) is 3.51. The van der Waals surface area contributed by atoms with Gasteiger partial charge in [0.2, 0.25) is 0 Å². The number of ketones is 1. The molecule has 0 unspecified atom stereocenters. The summed E-state index contributed by atoms with van der Waals surface area (Å²) in [5.41, 5.74) is 2.36. The highest BCUT2D eigenvalue weighted by Crippen LogP contribution is 2.39. The lowest BCUT2D eigenvalue weighted by molar-refractivity contribution is -0.140. The van der Waals surface area contributed by atoms with Crippen LogP contribution >= 0.6 is 0 Å². The van der Waals surface area contributed by atoms with Crippen LogP contribution in [0.15, 0.2) is 54.1 Å². The molecule has 1 aliphatic heterocycles. The number of aryl methyl sites for hydroxylation is 1. The van der Waals surface area contributed by atoms with Crippen LogP contribution in [0, 0.1) is 6.92 Å². The average Bonchev–Trinajstić information content (AvgIpc) is 2.97. The van der Waals surface area contributed by atoms with Gasteiger partial charge in [0.25, 0.3) is 11.7 Å². The van der Waals surface area contributed by atoms with Crippen LogP contribution in [-0.4, -0.2) is 48.1 Å². The number of aliphatic hydroxyl groups is 1. The van der Waals surface area contributed by atoms with Gasteiger partial charge < -0.3 is 19.5 Å². The Morgan fingerprint density at radius 1 is 1.07 bits per heavy atom. The molecule has 2 aromatic carbocycles. The molecule has 1 saturated heterocycles. The molecule has 1 aliphatic rings. The summed E-state index contributed by atoms with van der Waals surface area (Å²) < 4.78 is 10.8. The van der Waals surface area contributed by atoms with E-state index in [4.69, 9.17) is 9.47 Å². The van der Waals surface area contributed by atoms with E-state index in [9.17, 15) is 14.7 Å². The van der Waals surface area contributed by atoms with Crippen molar-refractivity contribution in [1.82, 2.24) is 4.90 Å². The SMILES string of the molecule is COCCN1C(=O)C(=O)/C(=C(/O)c2ccc(OC(C)C)cc2)[C@@H]1c1ccc(C)cc1. The zero-order valence-corrected chi connectivity index (χ0v) is 17.7. The van der Waals surface area contributed by atoms with E-state index in [0.29, 0.717) is 11.3 Å². The maximum Gasteiger partial charge on any atom is 0.295 e. The first-order valence-electron chi connectivity index (χ1n) is 9.94. The smallest absolute Gasteiger partial charge is 0.295 e. The third-order valence-corrected chi connectivity index (χ3v) is 4.97. The van der Waals surface area contributed by atoms with Crippen molar-refractivity contribution in [2.45, 2.75) is 32.9 Å². The Hall–Kier alpha value is -3.12. The van der Waals surface area contributed by atoms with Crippen molar-refractivity contribution in [3.63, 3.8) is 0 Å². The van der Waals surface area contributed by atoms with Crippen LogP contribution in [0.1, 0.15) is 36.6 Å². The van der Waals surface area contributed by atoms with Crippen LogP contribution in [0.3, 0.4) is 0 Å². The summed E-state index contributed by atoms with van der Waals surface area (Å²) in [6.45, 7) is 6.36. The molecule has 3 rings (SSSR count). The third kappa shape index (κ3) is 4.39. The Bertz CT molecular complexity index is 945. The number of hydrogen-bond donors (Lipinski definition) is 1. The quantitative estimate of drug-likeness (QED) is 0.427. The summed E-state index contributed by atoms with van der Waals surface area (Å²) >= 11 is 0. The number of benzene rings is 2. The molecule has 0 saturated carbocycles. The summed E-state index contributed by atoms with van der Waals surface area (Å²) in [6.07, 6.45) is 0.0251. The van der Waals surface area contributed by atoms with E-state index in [2.05, 4.69) is 0 Å². The molecule has 0 radical (unpaired) electrons. The van der Waals surface area contributed by atoms with Crippen molar-refractivity contribution in [2.24, 2.45) is 0 Å². The number of nitrogens with zero attached hydrogens (tertiary/aromatic N) is 1. The van der Waals surface area contributed by atoms with Crippen LogP contribution in [0.5, 0.6) is 5.75 Å². The van der Waals surface area contributed by atoms with Gasteiger partial charge in [0.05, 0.1) is 24.3 Å². The van der Waals surface area contributed by atoms with E-state index < -0.39 is 17.7 Å². The molecule has 0 aliphatic carbocycles. The number of carbonyl (C=O) groups excluding carboxylic acids is 2. The fourth-order valence-electron chi connectivity index (χ4n) is 3.51. The summed E-state index contributed by atoms with van der Waals surface area (Å²) in [5.74, 6) is -0.872.